The van der Waals surface area contributed by atoms with E-state index in [1.807, 2.05) is 0 Å². The van der Waals surface area contributed by atoms with E-state index in [2.05, 4.69) is 10.5 Å². The van der Waals surface area contributed by atoms with Crippen LogP contribution in [-0.4, -0.2) is 21.8 Å². The van der Waals surface area contributed by atoms with Crippen molar-refractivity contribution in [2.45, 2.75) is 12.5 Å². The standard InChI is InChI=1S/C16H13ClN2O4/c1-9-7-16(19-23-9,11-3-2-4-12(17)6-11)14(20)10-5-13(15(21)22)18-8-10/h2-8,18-19H,1H3,(H,21,22). The van der Waals surface area contributed by atoms with Gasteiger partial charge in [-0.1, -0.05) is 23.7 Å². The summed E-state index contributed by atoms with van der Waals surface area (Å²) in [4.78, 5) is 31.9. The molecule has 0 saturated heterocycles. The molecule has 0 spiro atoms. The van der Waals surface area contributed by atoms with Gasteiger partial charge in [0, 0.05) is 16.8 Å². The molecule has 0 bridgehead atoms. The van der Waals surface area contributed by atoms with Crippen LogP contribution in [0.2, 0.25) is 5.02 Å². The Morgan fingerprint density at radius 2 is 2.09 bits per heavy atom. The number of carboxylic acids is 1. The smallest absolute Gasteiger partial charge is 0.352 e. The number of hydrogen-bond acceptors (Lipinski definition) is 4. The molecule has 3 N–H and O–H groups in total. The molecule has 7 heteroatoms. The van der Waals surface area contributed by atoms with Gasteiger partial charge < -0.3 is 14.9 Å². The van der Waals surface area contributed by atoms with Crippen LogP contribution >= 0.6 is 11.6 Å². The Morgan fingerprint density at radius 1 is 1.30 bits per heavy atom. The lowest BCUT2D eigenvalue weighted by atomic mass is 9.83. The van der Waals surface area contributed by atoms with Crippen LogP contribution in [0.5, 0.6) is 0 Å². The summed E-state index contributed by atoms with van der Waals surface area (Å²) in [6.45, 7) is 1.71. The van der Waals surface area contributed by atoms with E-state index in [0.717, 1.165) is 0 Å². The minimum atomic E-state index is -1.26. The third-order valence-corrected chi connectivity index (χ3v) is 3.84. The van der Waals surface area contributed by atoms with Crippen LogP contribution in [0.25, 0.3) is 0 Å². The van der Waals surface area contributed by atoms with Crippen LogP contribution in [0.1, 0.15) is 33.3 Å². The van der Waals surface area contributed by atoms with Crippen LogP contribution in [0.15, 0.2) is 48.4 Å². The molecule has 1 aromatic heterocycles. The summed E-state index contributed by atoms with van der Waals surface area (Å²) in [5.74, 6) is -0.948. The van der Waals surface area contributed by atoms with Crippen molar-refractivity contribution in [3.05, 3.63) is 70.2 Å². The molecule has 1 atom stereocenters. The molecule has 2 aromatic rings. The van der Waals surface area contributed by atoms with Gasteiger partial charge in [0.25, 0.3) is 0 Å². The molecule has 0 fully saturated rings. The Morgan fingerprint density at radius 3 is 2.65 bits per heavy atom. The number of ketones is 1. The fourth-order valence-electron chi connectivity index (χ4n) is 2.52. The molecule has 1 unspecified atom stereocenters. The van der Waals surface area contributed by atoms with Gasteiger partial charge in [-0.05, 0) is 36.8 Å². The number of hydrogen-bond donors (Lipinski definition) is 3. The quantitative estimate of drug-likeness (QED) is 0.749. The molecule has 6 nitrogen and oxygen atoms in total. The van der Waals surface area contributed by atoms with Crippen molar-refractivity contribution in [3.63, 3.8) is 0 Å². The van der Waals surface area contributed by atoms with Gasteiger partial charge in [0.15, 0.2) is 11.3 Å². The molecule has 23 heavy (non-hydrogen) atoms. The van der Waals surface area contributed by atoms with Crippen LogP contribution in [0, 0.1) is 0 Å². The van der Waals surface area contributed by atoms with Gasteiger partial charge in [0.1, 0.15) is 11.5 Å². The van der Waals surface area contributed by atoms with E-state index >= 15 is 0 Å². The van der Waals surface area contributed by atoms with E-state index < -0.39 is 11.5 Å². The van der Waals surface area contributed by atoms with E-state index in [4.69, 9.17) is 21.5 Å². The lowest BCUT2D eigenvalue weighted by molar-refractivity contribution is 0.0585. The lowest BCUT2D eigenvalue weighted by Crippen LogP contribution is -2.44. The van der Waals surface area contributed by atoms with Gasteiger partial charge in [0.05, 0.1) is 0 Å². The maximum absolute atomic E-state index is 13.0. The van der Waals surface area contributed by atoms with Gasteiger partial charge in [-0.15, -0.1) is 5.48 Å². The minimum absolute atomic E-state index is 0.0609. The van der Waals surface area contributed by atoms with Crippen molar-refractivity contribution < 1.29 is 19.5 Å². The minimum Gasteiger partial charge on any atom is -0.477 e. The predicted molar refractivity (Wildman–Crippen MR) is 83.2 cm³/mol. The number of carbonyl (C=O) groups is 2. The average Bonchev–Trinajstić information content (AvgIpc) is 3.14. The summed E-state index contributed by atoms with van der Waals surface area (Å²) in [6, 6.07) is 8.14. The third-order valence-electron chi connectivity index (χ3n) is 3.61. The molecule has 1 aliphatic heterocycles. The second-order valence-corrected chi connectivity index (χ2v) is 5.65. The number of carboxylic acid groups (broad SMARTS) is 1. The number of nitrogens with one attached hydrogen (secondary N) is 2. The first-order valence-corrected chi connectivity index (χ1v) is 7.16. The van der Waals surface area contributed by atoms with Crippen molar-refractivity contribution in [2.24, 2.45) is 0 Å². The molecule has 2 heterocycles. The zero-order valence-electron chi connectivity index (χ0n) is 12.1. The van der Waals surface area contributed by atoms with E-state index in [9.17, 15) is 9.59 Å². The number of carbonyl (C=O) groups excluding carboxylic acids is 1. The number of Topliss-reactive ketones (excluding diaryl/α,β-unsaturated/α-hetero) is 1. The molecule has 1 aliphatic rings. The molecular weight excluding hydrogens is 320 g/mol. The van der Waals surface area contributed by atoms with Crippen molar-refractivity contribution in [2.75, 3.05) is 0 Å². The maximum atomic E-state index is 13.0. The summed E-state index contributed by atoms with van der Waals surface area (Å²) in [6.07, 6.45) is 3.01. The highest BCUT2D eigenvalue weighted by atomic mass is 35.5. The Balaban J connectivity index is 2.09. The number of aromatic nitrogens is 1. The highest BCUT2D eigenvalue weighted by Gasteiger charge is 2.44. The molecule has 3 rings (SSSR count). The first-order chi connectivity index (χ1) is 10.9. The molecular formula is C16H13ClN2O4. The molecule has 0 aliphatic carbocycles. The molecule has 0 amide bonds. The van der Waals surface area contributed by atoms with Crippen LogP contribution < -0.4 is 5.48 Å². The molecule has 0 saturated carbocycles. The van der Waals surface area contributed by atoms with Gasteiger partial charge in [-0.3, -0.25) is 4.79 Å². The Kier molecular flexibility index (Phi) is 3.71. The van der Waals surface area contributed by atoms with Crippen LogP contribution in [0.3, 0.4) is 0 Å². The maximum Gasteiger partial charge on any atom is 0.352 e. The molecule has 1 aromatic carbocycles. The third kappa shape index (κ3) is 2.62. The molecule has 0 radical (unpaired) electrons. The van der Waals surface area contributed by atoms with Crippen molar-refractivity contribution in [3.8, 4) is 0 Å². The SMILES string of the molecule is CC1=CC(C(=O)c2c[nH]c(C(=O)O)c2)(c2cccc(Cl)c2)NO1. The zero-order valence-corrected chi connectivity index (χ0v) is 12.8. The summed E-state index contributed by atoms with van der Waals surface area (Å²) < 4.78 is 0. The van der Waals surface area contributed by atoms with Crippen molar-refractivity contribution in [1.82, 2.24) is 10.5 Å². The van der Waals surface area contributed by atoms with Crippen LogP contribution in [-0.2, 0) is 10.4 Å². The summed E-state index contributed by atoms with van der Waals surface area (Å²) in [7, 11) is 0. The van der Waals surface area contributed by atoms with Gasteiger partial charge >= 0.3 is 5.97 Å². The first-order valence-electron chi connectivity index (χ1n) is 6.78. The number of allylic oxidation sites excluding steroid dienone is 1. The van der Waals surface area contributed by atoms with E-state index in [0.29, 0.717) is 16.3 Å². The van der Waals surface area contributed by atoms with Gasteiger partial charge in [-0.25, -0.2) is 4.79 Å². The number of rotatable bonds is 4. The second-order valence-electron chi connectivity index (χ2n) is 5.21. The Hall–Kier alpha value is -2.57. The van der Waals surface area contributed by atoms with Crippen LogP contribution in [0.4, 0.5) is 0 Å². The second kappa shape index (κ2) is 5.57. The largest absolute Gasteiger partial charge is 0.477 e. The predicted octanol–water partition coefficient (Wildman–Crippen LogP) is 2.88. The highest BCUT2D eigenvalue weighted by Crippen LogP contribution is 2.34. The number of benzene rings is 1. The van der Waals surface area contributed by atoms with Gasteiger partial charge in [-0.2, -0.15) is 0 Å². The topological polar surface area (TPSA) is 91.4 Å². The number of aromatic amines is 1. The summed E-state index contributed by atoms with van der Waals surface area (Å²) >= 11 is 6.03. The van der Waals surface area contributed by atoms with Gasteiger partial charge in [0.2, 0.25) is 0 Å². The van der Waals surface area contributed by atoms with E-state index in [-0.39, 0.29) is 17.0 Å². The Labute approximate surface area is 136 Å². The number of hydroxylamine groups is 1. The average molecular weight is 333 g/mol. The number of H-pyrrole nitrogens is 1. The lowest BCUT2D eigenvalue weighted by Gasteiger charge is -2.25. The van der Waals surface area contributed by atoms with E-state index in [1.165, 1.54) is 12.3 Å². The van der Waals surface area contributed by atoms with E-state index in [1.54, 1.807) is 37.3 Å². The fourth-order valence-corrected chi connectivity index (χ4v) is 2.71. The summed E-state index contributed by atoms with van der Waals surface area (Å²) in [5, 5.41) is 9.47. The Bertz CT molecular complexity index is 827. The number of halogens is 1. The molecule has 118 valence electrons. The monoisotopic (exact) mass is 332 g/mol. The zero-order chi connectivity index (χ0) is 16.6. The summed E-state index contributed by atoms with van der Waals surface area (Å²) in [5.41, 5.74) is 2.25. The first kappa shape index (κ1) is 15.3. The number of aromatic carboxylic acids is 1. The fraction of sp³-hybridized carbons (Fsp3) is 0.125. The van der Waals surface area contributed by atoms with Crippen molar-refractivity contribution in [1.29, 1.82) is 0 Å². The highest BCUT2D eigenvalue weighted by molar-refractivity contribution is 6.30. The van der Waals surface area contributed by atoms with Crippen molar-refractivity contribution >= 4 is 23.4 Å². The normalized spacial score (nSPS) is 20.0.